The van der Waals surface area contributed by atoms with Crippen LogP contribution in [-0.2, 0) is 0 Å². The molecule has 0 bridgehead atoms. The van der Waals surface area contributed by atoms with E-state index in [2.05, 4.69) is 11.8 Å². The van der Waals surface area contributed by atoms with Crippen LogP contribution in [-0.4, -0.2) is 41.8 Å². The van der Waals surface area contributed by atoms with Gasteiger partial charge in [-0.2, -0.15) is 0 Å². The van der Waals surface area contributed by atoms with E-state index in [-0.39, 0.29) is 12.1 Å². The molecule has 13 heavy (non-hydrogen) atoms. The van der Waals surface area contributed by atoms with Crippen LogP contribution in [0.3, 0.4) is 0 Å². The molecule has 3 nitrogen and oxygen atoms in total. The van der Waals surface area contributed by atoms with Crippen molar-refractivity contribution in [3.05, 3.63) is 0 Å². The van der Waals surface area contributed by atoms with E-state index in [0.717, 1.165) is 13.1 Å². The number of nitrogens with two attached hydrogens (primary N) is 1. The van der Waals surface area contributed by atoms with Crippen molar-refractivity contribution in [2.45, 2.75) is 44.8 Å². The van der Waals surface area contributed by atoms with E-state index in [4.69, 9.17) is 5.73 Å². The van der Waals surface area contributed by atoms with Crippen LogP contribution in [0.2, 0.25) is 0 Å². The first-order valence-electron chi connectivity index (χ1n) is 5.38. The molecule has 1 heterocycles. The Morgan fingerprint density at radius 3 is 2.23 bits per heavy atom. The van der Waals surface area contributed by atoms with Gasteiger partial charge >= 0.3 is 0 Å². The normalized spacial score (nSPS) is 25.2. The summed E-state index contributed by atoms with van der Waals surface area (Å²) in [4.78, 5) is 2.37. The molecular weight excluding hydrogens is 164 g/mol. The molecule has 0 aromatic rings. The smallest absolute Gasteiger partial charge is 0.0814 e. The van der Waals surface area contributed by atoms with E-state index >= 15 is 0 Å². The number of aliphatic hydroxyl groups excluding tert-OH is 1. The summed E-state index contributed by atoms with van der Waals surface area (Å²) in [6.45, 7) is 4.69. The molecule has 1 aliphatic heterocycles. The third-order valence-corrected chi connectivity index (χ3v) is 3.01. The molecule has 3 heteroatoms. The van der Waals surface area contributed by atoms with E-state index in [1.165, 1.54) is 25.7 Å². The average molecular weight is 186 g/mol. The van der Waals surface area contributed by atoms with E-state index in [1.54, 1.807) is 0 Å². The monoisotopic (exact) mass is 186 g/mol. The molecule has 1 saturated heterocycles. The molecule has 78 valence electrons. The molecular formula is C10H22N2O. The Morgan fingerprint density at radius 1 is 1.23 bits per heavy atom. The van der Waals surface area contributed by atoms with Crippen LogP contribution in [0.15, 0.2) is 0 Å². The van der Waals surface area contributed by atoms with Gasteiger partial charge in [-0.1, -0.05) is 12.8 Å². The fraction of sp³-hybridized carbons (Fsp3) is 1.00. The number of hydrogen-bond acceptors (Lipinski definition) is 3. The summed E-state index contributed by atoms with van der Waals surface area (Å²) in [5.41, 5.74) is 5.44. The maximum Gasteiger partial charge on any atom is 0.0814 e. The predicted molar refractivity (Wildman–Crippen MR) is 54.6 cm³/mol. The maximum atomic E-state index is 9.60. The minimum absolute atomic E-state index is 0.225. The highest BCUT2D eigenvalue weighted by Gasteiger charge is 2.20. The SMILES string of the molecule is CC(C(O)CN)N1CCCCCC1. The fourth-order valence-electron chi connectivity index (χ4n) is 1.94. The van der Waals surface area contributed by atoms with Crippen LogP contribution in [0.25, 0.3) is 0 Å². The summed E-state index contributed by atoms with van der Waals surface area (Å²) in [6, 6.07) is 0.225. The molecule has 0 aliphatic carbocycles. The van der Waals surface area contributed by atoms with Crippen LogP contribution >= 0.6 is 0 Å². The lowest BCUT2D eigenvalue weighted by molar-refractivity contribution is 0.0661. The van der Waals surface area contributed by atoms with Crippen LogP contribution in [0, 0.1) is 0 Å². The highest BCUT2D eigenvalue weighted by atomic mass is 16.3. The molecule has 1 aliphatic rings. The lowest BCUT2D eigenvalue weighted by Crippen LogP contribution is -2.45. The average Bonchev–Trinajstić information content (AvgIpc) is 2.43. The molecule has 2 unspecified atom stereocenters. The highest BCUT2D eigenvalue weighted by Crippen LogP contribution is 2.13. The van der Waals surface area contributed by atoms with Crippen molar-refractivity contribution >= 4 is 0 Å². The molecule has 3 N–H and O–H groups in total. The second-order valence-electron chi connectivity index (χ2n) is 3.99. The maximum absolute atomic E-state index is 9.60. The predicted octanol–water partition coefficient (Wildman–Crippen LogP) is 0.570. The highest BCUT2D eigenvalue weighted by molar-refractivity contribution is 4.77. The summed E-state index contributed by atoms with van der Waals surface area (Å²) in [5, 5.41) is 9.60. The summed E-state index contributed by atoms with van der Waals surface area (Å²) in [7, 11) is 0. The van der Waals surface area contributed by atoms with E-state index in [9.17, 15) is 5.11 Å². The van der Waals surface area contributed by atoms with Gasteiger partial charge in [0, 0.05) is 12.6 Å². The molecule has 0 aromatic carbocycles. The Bertz CT molecular complexity index is 133. The quantitative estimate of drug-likeness (QED) is 0.677. The van der Waals surface area contributed by atoms with E-state index in [0.29, 0.717) is 6.54 Å². The third-order valence-electron chi connectivity index (χ3n) is 3.01. The van der Waals surface area contributed by atoms with Gasteiger partial charge in [-0.3, -0.25) is 4.90 Å². The second kappa shape index (κ2) is 5.58. The van der Waals surface area contributed by atoms with Crippen LogP contribution in [0.5, 0.6) is 0 Å². The van der Waals surface area contributed by atoms with Crippen molar-refractivity contribution in [3.63, 3.8) is 0 Å². The zero-order chi connectivity index (χ0) is 9.68. The Balaban J connectivity index is 2.38. The van der Waals surface area contributed by atoms with Crippen LogP contribution in [0.1, 0.15) is 32.6 Å². The summed E-state index contributed by atoms with van der Waals surface area (Å²) >= 11 is 0. The number of aliphatic hydroxyl groups is 1. The molecule has 0 saturated carbocycles. The standard InChI is InChI=1S/C10H22N2O/c1-9(10(13)8-11)12-6-4-2-3-5-7-12/h9-10,13H,2-8,11H2,1H3. The first-order valence-corrected chi connectivity index (χ1v) is 5.38. The fourth-order valence-corrected chi connectivity index (χ4v) is 1.94. The lowest BCUT2D eigenvalue weighted by Gasteiger charge is -2.30. The summed E-state index contributed by atoms with van der Waals surface area (Å²) in [5.74, 6) is 0. The molecule has 0 radical (unpaired) electrons. The first kappa shape index (κ1) is 11.0. The molecule has 0 amide bonds. The Hall–Kier alpha value is -0.120. The van der Waals surface area contributed by atoms with Gasteiger partial charge in [0.15, 0.2) is 0 Å². The zero-order valence-electron chi connectivity index (χ0n) is 8.58. The van der Waals surface area contributed by atoms with Gasteiger partial charge in [0.2, 0.25) is 0 Å². The van der Waals surface area contributed by atoms with Crippen molar-refractivity contribution in [1.82, 2.24) is 4.90 Å². The van der Waals surface area contributed by atoms with Crippen molar-refractivity contribution in [2.75, 3.05) is 19.6 Å². The first-order chi connectivity index (χ1) is 6.25. The van der Waals surface area contributed by atoms with Gasteiger partial charge in [-0.05, 0) is 32.9 Å². The Kier molecular flexibility index (Phi) is 4.70. The Morgan fingerprint density at radius 2 is 1.77 bits per heavy atom. The molecule has 1 fully saturated rings. The summed E-state index contributed by atoms with van der Waals surface area (Å²) in [6.07, 6.45) is 4.84. The number of hydrogen-bond donors (Lipinski definition) is 2. The lowest BCUT2D eigenvalue weighted by atomic mass is 10.1. The van der Waals surface area contributed by atoms with Gasteiger partial charge in [-0.15, -0.1) is 0 Å². The minimum atomic E-state index is -0.363. The molecule has 2 atom stereocenters. The van der Waals surface area contributed by atoms with Gasteiger partial charge in [0.25, 0.3) is 0 Å². The minimum Gasteiger partial charge on any atom is -0.390 e. The largest absolute Gasteiger partial charge is 0.390 e. The number of likely N-dealkylation sites (tertiary alicyclic amines) is 1. The van der Waals surface area contributed by atoms with Crippen LogP contribution < -0.4 is 5.73 Å². The topological polar surface area (TPSA) is 49.5 Å². The van der Waals surface area contributed by atoms with Gasteiger partial charge < -0.3 is 10.8 Å². The van der Waals surface area contributed by atoms with Crippen LogP contribution in [0.4, 0.5) is 0 Å². The second-order valence-corrected chi connectivity index (χ2v) is 3.99. The molecule has 0 aromatic heterocycles. The third kappa shape index (κ3) is 3.25. The number of rotatable bonds is 3. The van der Waals surface area contributed by atoms with Crippen molar-refractivity contribution in [2.24, 2.45) is 5.73 Å². The zero-order valence-corrected chi connectivity index (χ0v) is 8.58. The van der Waals surface area contributed by atoms with Crippen molar-refractivity contribution in [3.8, 4) is 0 Å². The van der Waals surface area contributed by atoms with Crippen molar-refractivity contribution < 1.29 is 5.11 Å². The Labute approximate surface area is 80.9 Å². The van der Waals surface area contributed by atoms with Crippen molar-refractivity contribution in [1.29, 1.82) is 0 Å². The van der Waals surface area contributed by atoms with E-state index < -0.39 is 0 Å². The van der Waals surface area contributed by atoms with Gasteiger partial charge in [-0.25, -0.2) is 0 Å². The number of nitrogens with zero attached hydrogens (tertiary/aromatic N) is 1. The van der Waals surface area contributed by atoms with Gasteiger partial charge in [0.05, 0.1) is 6.10 Å². The van der Waals surface area contributed by atoms with Gasteiger partial charge in [0.1, 0.15) is 0 Å². The molecule has 0 spiro atoms. The summed E-state index contributed by atoms with van der Waals surface area (Å²) < 4.78 is 0. The molecule has 1 rings (SSSR count). The van der Waals surface area contributed by atoms with E-state index in [1.807, 2.05) is 0 Å².